The monoisotopic (exact) mass is 524 g/mol. The topological polar surface area (TPSA) is 69.4 Å². The molecule has 0 N–H and O–H groups in total. The van der Waals surface area contributed by atoms with Crippen LogP contribution in [0.3, 0.4) is 0 Å². The molecule has 1 aliphatic rings. The van der Waals surface area contributed by atoms with Crippen LogP contribution in [0.5, 0.6) is 0 Å². The quantitative estimate of drug-likeness (QED) is 0.337. The molecular formula is C28H27F3N4O3. The van der Waals surface area contributed by atoms with Crippen LogP contribution in [0.2, 0.25) is 0 Å². The van der Waals surface area contributed by atoms with Crippen LogP contribution in [0, 0.1) is 0 Å². The van der Waals surface area contributed by atoms with Crippen molar-refractivity contribution in [1.82, 2.24) is 19.2 Å². The van der Waals surface area contributed by atoms with E-state index in [1.165, 1.54) is 29.1 Å². The Bertz CT molecular complexity index is 1600. The number of hydrogen-bond acceptors (Lipinski definition) is 4. The minimum absolute atomic E-state index is 0.347. The van der Waals surface area contributed by atoms with E-state index in [-0.39, 0.29) is 6.09 Å². The zero-order valence-electron chi connectivity index (χ0n) is 21.5. The van der Waals surface area contributed by atoms with Crippen molar-refractivity contribution in [1.29, 1.82) is 0 Å². The summed E-state index contributed by atoms with van der Waals surface area (Å²) in [6.45, 7) is 6.50. The molecule has 0 bridgehead atoms. The average Bonchev–Trinajstić information content (AvgIpc) is 3.13. The molecule has 38 heavy (non-hydrogen) atoms. The lowest BCUT2D eigenvalue weighted by atomic mass is 10.0. The Balaban J connectivity index is 1.44. The first kappa shape index (κ1) is 25.6. The van der Waals surface area contributed by atoms with E-state index in [1.54, 1.807) is 11.0 Å². The Labute approximate surface area is 217 Å². The van der Waals surface area contributed by atoms with Gasteiger partial charge in [0.15, 0.2) is 0 Å². The normalized spacial score (nSPS) is 14.0. The molecule has 0 spiro atoms. The molecular weight excluding hydrogens is 497 g/mol. The highest BCUT2D eigenvalue weighted by Crippen LogP contribution is 2.33. The summed E-state index contributed by atoms with van der Waals surface area (Å²) in [5.74, 6) is 0. The van der Waals surface area contributed by atoms with Gasteiger partial charge in [-0.25, -0.2) is 4.79 Å². The largest absolute Gasteiger partial charge is 0.444 e. The maximum atomic E-state index is 12.9. The standard InChI is InChI=1S/C28H27F3N4O3/c1-27(2,3)38-26(37)34-12-11-23-22(16-34)21-10-9-20(14-24(21)33(23)4)35-25(36)13-18(15-32-35)17-5-7-19(8-6-17)28(29,30)31/h5-10,13-15H,11-12,16H2,1-4H3. The number of ether oxygens (including phenoxy) is 1. The zero-order valence-corrected chi connectivity index (χ0v) is 21.5. The number of halogens is 3. The Morgan fingerprint density at radius 1 is 1.00 bits per heavy atom. The SMILES string of the molecule is Cn1c2c(c3ccc(-n4ncc(-c5ccc(C(F)(F)F)cc5)cc4=O)cc31)CN(C(=O)OC(C)(C)C)CC2. The molecule has 0 radical (unpaired) electrons. The maximum absolute atomic E-state index is 12.9. The Morgan fingerprint density at radius 3 is 2.34 bits per heavy atom. The number of alkyl halides is 3. The highest BCUT2D eigenvalue weighted by Gasteiger charge is 2.30. The molecule has 0 unspecified atom stereocenters. The van der Waals surface area contributed by atoms with E-state index in [0.717, 1.165) is 34.3 Å². The number of aryl methyl sites for hydroxylation is 1. The Kier molecular flexibility index (Phi) is 6.08. The van der Waals surface area contributed by atoms with Gasteiger partial charge in [-0.3, -0.25) is 4.79 Å². The van der Waals surface area contributed by atoms with Crippen LogP contribution in [0.15, 0.2) is 59.5 Å². The van der Waals surface area contributed by atoms with Crippen LogP contribution in [0.25, 0.3) is 27.7 Å². The molecule has 1 aliphatic heterocycles. The fraction of sp³-hybridized carbons (Fsp3) is 0.321. The number of carbonyl (C=O) groups is 1. The van der Waals surface area contributed by atoms with Gasteiger partial charge in [-0.2, -0.15) is 23.0 Å². The summed E-state index contributed by atoms with van der Waals surface area (Å²) in [6, 6.07) is 11.6. The van der Waals surface area contributed by atoms with Gasteiger partial charge in [0.1, 0.15) is 5.60 Å². The molecule has 0 fully saturated rings. The summed E-state index contributed by atoms with van der Waals surface area (Å²) in [7, 11) is 1.96. The third-order valence-electron chi connectivity index (χ3n) is 6.63. The van der Waals surface area contributed by atoms with E-state index in [9.17, 15) is 22.8 Å². The van der Waals surface area contributed by atoms with Crippen LogP contribution in [-0.4, -0.2) is 37.5 Å². The van der Waals surface area contributed by atoms with Crippen molar-refractivity contribution in [3.63, 3.8) is 0 Å². The first-order valence-electron chi connectivity index (χ1n) is 12.2. The van der Waals surface area contributed by atoms with Gasteiger partial charge in [0.2, 0.25) is 0 Å². The lowest BCUT2D eigenvalue weighted by Crippen LogP contribution is -2.40. The van der Waals surface area contributed by atoms with Gasteiger partial charge >= 0.3 is 12.3 Å². The van der Waals surface area contributed by atoms with Crippen molar-refractivity contribution in [2.45, 2.75) is 45.5 Å². The number of nitrogens with zero attached hydrogens (tertiary/aromatic N) is 4. The summed E-state index contributed by atoms with van der Waals surface area (Å²) < 4.78 is 47.5. The third-order valence-corrected chi connectivity index (χ3v) is 6.63. The van der Waals surface area contributed by atoms with E-state index in [2.05, 4.69) is 9.67 Å². The molecule has 0 aliphatic carbocycles. The molecule has 4 aromatic rings. The van der Waals surface area contributed by atoms with Crippen LogP contribution in [0.4, 0.5) is 18.0 Å². The number of benzene rings is 2. The molecule has 198 valence electrons. The van der Waals surface area contributed by atoms with Gasteiger partial charge in [0.05, 0.1) is 29.5 Å². The highest BCUT2D eigenvalue weighted by molar-refractivity contribution is 5.88. The summed E-state index contributed by atoms with van der Waals surface area (Å²) in [6.07, 6.45) is -2.64. The maximum Gasteiger partial charge on any atom is 0.416 e. The first-order chi connectivity index (χ1) is 17.8. The molecule has 2 aromatic carbocycles. The predicted molar refractivity (Wildman–Crippen MR) is 137 cm³/mol. The number of amides is 1. The second-order valence-electron chi connectivity index (χ2n) is 10.4. The predicted octanol–water partition coefficient (Wildman–Crippen LogP) is 5.70. The van der Waals surface area contributed by atoms with Crippen LogP contribution < -0.4 is 5.56 Å². The summed E-state index contributed by atoms with van der Waals surface area (Å²) >= 11 is 0. The lowest BCUT2D eigenvalue weighted by molar-refractivity contribution is -0.137. The minimum atomic E-state index is -4.43. The third kappa shape index (κ3) is 4.78. The van der Waals surface area contributed by atoms with Gasteiger partial charge in [0.25, 0.3) is 5.56 Å². The highest BCUT2D eigenvalue weighted by atomic mass is 19.4. The molecule has 0 saturated carbocycles. The van der Waals surface area contributed by atoms with Gasteiger partial charge in [0, 0.05) is 48.3 Å². The fourth-order valence-electron chi connectivity index (χ4n) is 4.79. The van der Waals surface area contributed by atoms with Crippen molar-refractivity contribution < 1.29 is 22.7 Å². The molecule has 0 saturated heterocycles. The smallest absolute Gasteiger partial charge is 0.416 e. The van der Waals surface area contributed by atoms with Gasteiger partial charge < -0.3 is 14.2 Å². The number of rotatable bonds is 2. The lowest BCUT2D eigenvalue weighted by Gasteiger charge is -2.30. The van der Waals surface area contributed by atoms with Crippen molar-refractivity contribution in [2.24, 2.45) is 7.05 Å². The minimum Gasteiger partial charge on any atom is -0.444 e. The van der Waals surface area contributed by atoms with Crippen molar-refractivity contribution in [2.75, 3.05) is 6.54 Å². The van der Waals surface area contributed by atoms with E-state index < -0.39 is 22.9 Å². The number of hydrogen-bond donors (Lipinski definition) is 0. The first-order valence-corrected chi connectivity index (χ1v) is 12.2. The Hall–Kier alpha value is -4.08. The van der Waals surface area contributed by atoms with Crippen molar-refractivity contribution in [3.05, 3.63) is 81.9 Å². The molecule has 2 aromatic heterocycles. The second kappa shape index (κ2) is 9.04. The van der Waals surface area contributed by atoms with E-state index in [1.807, 2.05) is 40.0 Å². The molecule has 1 amide bonds. The summed E-state index contributed by atoms with van der Waals surface area (Å²) in [5.41, 5.74) is 2.79. The number of aromatic nitrogens is 3. The van der Waals surface area contributed by atoms with Crippen molar-refractivity contribution >= 4 is 17.0 Å². The number of fused-ring (bicyclic) bond motifs is 3. The van der Waals surface area contributed by atoms with Crippen LogP contribution >= 0.6 is 0 Å². The van der Waals surface area contributed by atoms with Crippen LogP contribution in [-0.2, 0) is 30.9 Å². The molecule has 7 nitrogen and oxygen atoms in total. The zero-order chi connectivity index (χ0) is 27.4. The Morgan fingerprint density at radius 2 is 1.71 bits per heavy atom. The van der Waals surface area contributed by atoms with Crippen LogP contribution in [0.1, 0.15) is 37.6 Å². The van der Waals surface area contributed by atoms with E-state index >= 15 is 0 Å². The summed E-state index contributed by atoms with van der Waals surface area (Å²) in [4.78, 5) is 27.3. The van der Waals surface area contributed by atoms with Gasteiger partial charge in [-0.1, -0.05) is 18.2 Å². The van der Waals surface area contributed by atoms with E-state index in [4.69, 9.17) is 4.74 Å². The molecule has 3 heterocycles. The molecule has 0 atom stereocenters. The molecule has 10 heteroatoms. The molecule has 5 rings (SSSR count). The average molecular weight is 525 g/mol. The number of carbonyl (C=O) groups excluding carboxylic acids is 1. The van der Waals surface area contributed by atoms with Gasteiger partial charge in [-0.15, -0.1) is 0 Å². The van der Waals surface area contributed by atoms with Gasteiger partial charge in [-0.05, 0) is 50.6 Å². The van der Waals surface area contributed by atoms with Crippen molar-refractivity contribution in [3.8, 4) is 16.8 Å². The fourth-order valence-corrected chi connectivity index (χ4v) is 4.79. The summed E-state index contributed by atoms with van der Waals surface area (Å²) in [5, 5.41) is 5.27. The second-order valence-corrected chi connectivity index (χ2v) is 10.4. The van der Waals surface area contributed by atoms with E-state index in [0.29, 0.717) is 36.3 Å².